The first-order valence-electron chi connectivity index (χ1n) is 9.75. The molecule has 4 rings (SSSR count). The first-order valence-corrected chi connectivity index (χ1v) is 9.75. The summed E-state index contributed by atoms with van der Waals surface area (Å²) in [5.74, 6) is 1.36. The molecule has 1 N–H and O–H groups in total. The van der Waals surface area contributed by atoms with Crippen LogP contribution in [0.15, 0.2) is 79.0 Å². The zero-order chi connectivity index (χ0) is 22.5. The van der Waals surface area contributed by atoms with Gasteiger partial charge >= 0.3 is 5.69 Å². The summed E-state index contributed by atoms with van der Waals surface area (Å²) in [4.78, 5) is 19.7. The number of anilines is 2. The van der Waals surface area contributed by atoms with E-state index in [1.165, 1.54) is 13.2 Å². The largest absolute Gasteiger partial charge is 0.497 e. The van der Waals surface area contributed by atoms with E-state index in [9.17, 15) is 10.1 Å². The Morgan fingerprint density at radius 3 is 2.41 bits per heavy atom. The van der Waals surface area contributed by atoms with Crippen molar-refractivity contribution in [3.8, 4) is 33.9 Å². The van der Waals surface area contributed by atoms with Crippen LogP contribution in [0.2, 0.25) is 0 Å². The first-order chi connectivity index (χ1) is 15.6. The quantitative estimate of drug-likeness (QED) is 0.307. The number of nitro groups is 1. The lowest BCUT2D eigenvalue weighted by molar-refractivity contribution is -0.385. The van der Waals surface area contributed by atoms with Gasteiger partial charge in [0.15, 0.2) is 5.75 Å². The Morgan fingerprint density at radius 2 is 1.66 bits per heavy atom. The number of hydrogen-bond donors (Lipinski definition) is 1. The average Bonchev–Trinajstić information content (AvgIpc) is 2.84. The highest BCUT2D eigenvalue weighted by Gasteiger charge is 2.16. The fourth-order valence-electron chi connectivity index (χ4n) is 3.28. The number of ether oxygens (including phenoxy) is 2. The summed E-state index contributed by atoms with van der Waals surface area (Å²) in [6.45, 7) is 0. The predicted octanol–water partition coefficient (Wildman–Crippen LogP) is 5.48. The number of methoxy groups -OCH3 is 2. The third kappa shape index (κ3) is 4.49. The molecule has 0 aliphatic carbocycles. The van der Waals surface area contributed by atoms with Crippen molar-refractivity contribution in [2.75, 3.05) is 19.5 Å². The molecule has 4 aromatic rings. The molecule has 0 unspecified atom stereocenters. The van der Waals surface area contributed by atoms with E-state index < -0.39 is 4.92 Å². The highest BCUT2D eigenvalue weighted by Crippen LogP contribution is 2.32. The van der Waals surface area contributed by atoms with E-state index in [1.807, 2.05) is 48.5 Å². The number of rotatable bonds is 7. The van der Waals surface area contributed by atoms with E-state index >= 15 is 0 Å². The Labute approximate surface area is 184 Å². The van der Waals surface area contributed by atoms with E-state index in [2.05, 4.69) is 15.3 Å². The normalized spacial score (nSPS) is 10.4. The Bertz CT molecular complexity index is 1280. The van der Waals surface area contributed by atoms with Crippen LogP contribution in [0.4, 0.5) is 17.3 Å². The molecule has 0 saturated heterocycles. The van der Waals surface area contributed by atoms with Crippen LogP contribution in [0.5, 0.6) is 11.5 Å². The number of nitrogens with one attached hydrogen (secondary N) is 1. The minimum atomic E-state index is -0.479. The highest BCUT2D eigenvalue weighted by atomic mass is 16.6. The van der Waals surface area contributed by atoms with Crippen LogP contribution in [0.25, 0.3) is 22.4 Å². The molecule has 0 fully saturated rings. The Morgan fingerprint density at radius 1 is 0.875 bits per heavy atom. The number of aromatic nitrogens is 2. The van der Waals surface area contributed by atoms with Crippen molar-refractivity contribution in [2.24, 2.45) is 0 Å². The summed E-state index contributed by atoms with van der Waals surface area (Å²) in [6.07, 6.45) is 1.60. The topological polar surface area (TPSA) is 99.4 Å². The summed E-state index contributed by atoms with van der Waals surface area (Å²) in [6, 6.07) is 22.1. The van der Waals surface area contributed by atoms with E-state index in [-0.39, 0.29) is 11.4 Å². The minimum absolute atomic E-state index is 0.121. The Balaban J connectivity index is 1.61. The second kappa shape index (κ2) is 9.13. The fraction of sp³-hybridized carbons (Fsp3) is 0.0833. The van der Waals surface area contributed by atoms with Gasteiger partial charge in [0.2, 0.25) is 5.95 Å². The van der Waals surface area contributed by atoms with E-state index in [0.717, 1.165) is 22.6 Å². The molecule has 32 heavy (non-hydrogen) atoms. The average molecular weight is 428 g/mol. The maximum atomic E-state index is 11.3. The lowest BCUT2D eigenvalue weighted by atomic mass is 10.0. The fourth-order valence-corrected chi connectivity index (χ4v) is 3.28. The molecule has 0 aliphatic rings. The van der Waals surface area contributed by atoms with Gasteiger partial charge in [-0.3, -0.25) is 10.1 Å². The van der Waals surface area contributed by atoms with E-state index in [1.54, 1.807) is 31.5 Å². The van der Waals surface area contributed by atoms with Crippen LogP contribution < -0.4 is 14.8 Å². The molecule has 8 nitrogen and oxygen atoms in total. The Kier molecular flexibility index (Phi) is 5.94. The number of benzene rings is 3. The third-order valence-corrected chi connectivity index (χ3v) is 4.85. The summed E-state index contributed by atoms with van der Waals surface area (Å²) in [7, 11) is 3.03. The van der Waals surface area contributed by atoms with Gasteiger partial charge in [-0.25, -0.2) is 9.97 Å². The molecule has 0 aliphatic heterocycles. The summed E-state index contributed by atoms with van der Waals surface area (Å²) in [5.41, 5.74) is 3.86. The monoisotopic (exact) mass is 428 g/mol. The molecule has 1 heterocycles. The molecule has 3 aromatic carbocycles. The summed E-state index contributed by atoms with van der Waals surface area (Å²) < 4.78 is 10.4. The molecule has 160 valence electrons. The number of nitro benzene ring substituents is 1. The van der Waals surface area contributed by atoms with Crippen LogP contribution in [-0.4, -0.2) is 29.1 Å². The maximum absolute atomic E-state index is 11.3. The summed E-state index contributed by atoms with van der Waals surface area (Å²) in [5, 5.41) is 14.5. The molecular weight excluding hydrogens is 408 g/mol. The first kappa shape index (κ1) is 20.8. The molecule has 0 atom stereocenters. The third-order valence-electron chi connectivity index (χ3n) is 4.85. The van der Waals surface area contributed by atoms with Gasteiger partial charge in [0.05, 0.1) is 24.8 Å². The number of nitrogens with zero attached hydrogens (tertiary/aromatic N) is 3. The van der Waals surface area contributed by atoms with Gasteiger partial charge < -0.3 is 14.8 Å². The molecule has 0 spiro atoms. The minimum Gasteiger partial charge on any atom is -0.497 e. The van der Waals surface area contributed by atoms with Crippen molar-refractivity contribution in [2.45, 2.75) is 0 Å². The molecular formula is C24H20N4O4. The molecule has 0 bridgehead atoms. The van der Waals surface area contributed by atoms with Crippen LogP contribution in [-0.2, 0) is 0 Å². The van der Waals surface area contributed by atoms with Crippen LogP contribution in [0.1, 0.15) is 0 Å². The van der Waals surface area contributed by atoms with Gasteiger partial charge in [0.1, 0.15) is 5.75 Å². The van der Waals surface area contributed by atoms with Crippen LogP contribution in [0, 0.1) is 10.1 Å². The van der Waals surface area contributed by atoms with Crippen molar-refractivity contribution in [3.05, 3.63) is 89.1 Å². The van der Waals surface area contributed by atoms with Crippen molar-refractivity contribution < 1.29 is 14.4 Å². The predicted molar refractivity (Wildman–Crippen MR) is 122 cm³/mol. The van der Waals surface area contributed by atoms with Crippen molar-refractivity contribution in [1.29, 1.82) is 0 Å². The second-order valence-electron chi connectivity index (χ2n) is 6.85. The highest BCUT2D eigenvalue weighted by molar-refractivity contribution is 5.71. The molecule has 8 heteroatoms. The van der Waals surface area contributed by atoms with Gasteiger partial charge in [0.25, 0.3) is 0 Å². The van der Waals surface area contributed by atoms with Gasteiger partial charge in [-0.1, -0.05) is 24.3 Å². The van der Waals surface area contributed by atoms with Crippen molar-refractivity contribution in [1.82, 2.24) is 9.97 Å². The Hall–Kier alpha value is -4.46. The zero-order valence-corrected chi connectivity index (χ0v) is 17.5. The van der Waals surface area contributed by atoms with Crippen LogP contribution >= 0.6 is 0 Å². The maximum Gasteiger partial charge on any atom is 0.311 e. The lowest BCUT2D eigenvalue weighted by Crippen LogP contribution is -1.99. The lowest BCUT2D eigenvalue weighted by Gasteiger charge is -2.10. The van der Waals surface area contributed by atoms with Crippen molar-refractivity contribution in [3.63, 3.8) is 0 Å². The van der Waals surface area contributed by atoms with Gasteiger partial charge in [-0.2, -0.15) is 0 Å². The smallest absolute Gasteiger partial charge is 0.311 e. The summed E-state index contributed by atoms with van der Waals surface area (Å²) >= 11 is 0. The molecule has 1 aromatic heterocycles. The molecule has 0 radical (unpaired) electrons. The van der Waals surface area contributed by atoms with E-state index in [0.29, 0.717) is 17.2 Å². The second-order valence-corrected chi connectivity index (χ2v) is 6.85. The van der Waals surface area contributed by atoms with E-state index in [4.69, 9.17) is 9.47 Å². The SMILES string of the molecule is COc1cccc(-c2cccc(Nc3nccc(-c4ccc(OC)c([N+](=O)[O-])c4)n3)c2)c1. The molecule has 0 amide bonds. The van der Waals surface area contributed by atoms with Gasteiger partial charge in [0, 0.05) is 23.5 Å². The van der Waals surface area contributed by atoms with Gasteiger partial charge in [-0.05, 0) is 53.6 Å². The van der Waals surface area contributed by atoms with Gasteiger partial charge in [-0.15, -0.1) is 0 Å². The molecule has 0 saturated carbocycles. The zero-order valence-electron chi connectivity index (χ0n) is 17.5. The number of hydrogen-bond acceptors (Lipinski definition) is 7. The van der Waals surface area contributed by atoms with Crippen LogP contribution in [0.3, 0.4) is 0 Å². The standard InChI is InChI=1S/C24H20N4O4/c1-31-20-8-4-6-17(14-20)16-5-3-7-19(13-16)26-24-25-12-11-21(27-24)18-9-10-23(32-2)22(15-18)28(29)30/h3-15H,1-2H3,(H,25,26,27). The van der Waals surface area contributed by atoms with Crippen molar-refractivity contribution >= 4 is 17.3 Å².